The summed E-state index contributed by atoms with van der Waals surface area (Å²) in [5, 5.41) is 17.0. The molecule has 0 radical (unpaired) electrons. The van der Waals surface area contributed by atoms with Crippen LogP contribution in [0.25, 0.3) is 0 Å². The second kappa shape index (κ2) is 20.5. The average molecular weight is 498 g/mol. The minimum absolute atomic E-state index is 0.146. The standard InChI is InChI=1S/C24H39N3O6S/c1-4-26-9-11-30-13-12-29-10-8-23(28)27-21-6-5-7-22(16-21)33-18-24(34-19-25)32-15-14-31-17-20(2)3/h5-7,16,20,24,26H,4,8-15,17-18H2,1-3H3,(H,27,28). The molecular formula is C24H39N3O6S. The van der Waals surface area contributed by atoms with E-state index in [2.05, 4.69) is 24.5 Å². The smallest absolute Gasteiger partial charge is 0.226 e. The van der Waals surface area contributed by atoms with Gasteiger partial charge in [-0.3, -0.25) is 4.79 Å². The largest absolute Gasteiger partial charge is 0.490 e. The first-order chi connectivity index (χ1) is 16.5. The molecule has 0 fully saturated rings. The summed E-state index contributed by atoms with van der Waals surface area (Å²) >= 11 is 1.00. The van der Waals surface area contributed by atoms with Crippen LogP contribution in [0.4, 0.5) is 5.69 Å². The first kappa shape index (κ1) is 30.2. The number of thiocyanates is 1. The maximum atomic E-state index is 12.2. The Hall–Kier alpha value is -1.87. The number of carbonyl (C=O) groups is 1. The number of amides is 1. The van der Waals surface area contributed by atoms with E-state index >= 15 is 0 Å². The molecule has 34 heavy (non-hydrogen) atoms. The lowest BCUT2D eigenvalue weighted by Gasteiger charge is -2.16. The van der Waals surface area contributed by atoms with Crippen molar-refractivity contribution in [2.75, 3.05) is 71.3 Å². The highest BCUT2D eigenvalue weighted by molar-refractivity contribution is 8.04. The zero-order valence-electron chi connectivity index (χ0n) is 20.5. The molecule has 0 aromatic heterocycles. The lowest BCUT2D eigenvalue weighted by Crippen LogP contribution is -2.21. The number of hydrogen-bond donors (Lipinski definition) is 2. The highest BCUT2D eigenvalue weighted by Gasteiger charge is 2.12. The summed E-state index contributed by atoms with van der Waals surface area (Å²) in [6.45, 7) is 11.6. The van der Waals surface area contributed by atoms with Crippen LogP contribution in [0, 0.1) is 16.6 Å². The predicted molar refractivity (Wildman–Crippen MR) is 134 cm³/mol. The molecule has 0 saturated heterocycles. The average Bonchev–Trinajstić information content (AvgIpc) is 2.81. The van der Waals surface area contributed by atoms with Gasteiger partial charge in [-0.2, -0.15) is 5.26 Å². The van der Waals surface area contributed by atoms with Gasteiger partial charge in [0.15, 0.2) is 5.44 Å². The van der Waals surface area contributed by atoms with Crippen molar-refractivity contribution in [1.29, 1.82) is 5.26 Å². The van der Waals surface area contributed by atoms with Gasteiger partial charge >= 0.3 is 0 Å². The summed E-state index contributed by atoms with van der Waals surface area (Å²) in [6, 6.07) is 7.10. The van der Waals surface area contributed by atoms with Crippen LogP contribution in [-0.2, 0) is 23.7 Å². The Morgan fingerprint density at radius 2 is 1.82 bits per heavy atom. The Kier molecular flexibility index (Phi) is 18.2. The number of likely N-dealkylation sites (N-methyl/N-ethyl adjacent to an activating group) is 1. The molecular weight excluding hydrogens is 458 g/mol. The van der Waals surface area contributed by atoms with Crippen molar-refractivity contribution in [2.24, 2.45) is 5.92 Å². The fourth-order valence-corrected chi connectivity index (χ4v) is 3.01. The van der Waals surface area contributed by atoms with Gasteiger partial charge < -0.3 is 34.3 Å². The third kappa shape index (κ3) is 16.7. The van der Waals surface area contributed by atoms with E-state index in [-0.39, 0.29) is 18.9 Å². The topological polar surface area (TPSA) is 111 Å². The molecule has 0 aliphatic heterocycles. The number of carbonyl (C=O) groups excluding carboxylic acids is 1. The number of benzene rings is 1. The molecule has 0 aliphatic rings. The second-order valence-electron chi connectivity index (χ2n) is 7.69. The lowest BCUT2D eigenvalue weighted by molar-refractivity contribution is -0.117. The van der Waals surface area contributed by atoms with Crippen LogP contribution in [-0.4, -0.2) is 77.3 Å². The maximum absolute atomic E-state index is 12.2. The van der Waals surface area contributed by atoms with Crippen molar-refractivity contribution in [2.45, 2.75) is 32.6 Å². The van der Waals surface area contributed by atoms with Crippen LogP contribution in [0.15, 0.2) is 24.3 Å². The molecule has 10 heteroatoms. The Morgan fingerprint density at radius 1 is 1.06 bits per heavy atom. The summed E-state index contributed by atoms with van der Waals surface area (Å²) < 4.78 is 27.8. The Labute approximate surface area is 207 Å². The second-order valence-corrected chi connectivity index (χ2v) is 8.64. The van der Waals surface area contributed by atoms with E-state index in [1.807, 2.05) is 12.3 Å². The molecule has 9 nitrogen and oxygen atoms in total. The molecule has 0 bridgehead atoms. The predicted octanol–water partition coefficient (Wildman–Crippen LogP) is 3.27. The number of hydrogen-bond acceptors (Lipinski definition) is 9. The Balaban J connectivity index is 2.27. The molecule has 0 heterocycles. The van der Waals surface area contributed by atoms with Crippen molar-refractivity contribution in [1.82, 2.24) is 5.32 Å². The van der Waals surface area contributed by atoms with Gasteiger partial charge in [0.05, 0.1) is 46.1 Å². The fourth-order valence-electron chi connectivity index (χ4n) is 2.59. The number of nitrogens with one attached hydrogen (secondary N) is 2. The number of ether oxygens (including phenoxy) is 5. The summed E-state index contributed by atoms with van der Waals surface area (Å²) in [5.74, 6) is 0.894. The van der Waals surface area contributed by atoms with E-state index in [1.165, 1.54) is 0 Å². The molecule has 0 aliphatic carbocycles. The zero-order valence-corrected chi connectivity index (χ0v) is 21.4. The van der Waals surface area contributed by atoms with Crippen molar-refractivity contribution < 1.29 is 28.5 Å². The van der Waals surface area contributed by atoms with E-state index in [0.29, 0.717) is 63.6 Å². The highest BCUT2D eigenvalue weighted by Crippen LogP contribution is 2.20. The van der Waals surface area contributed by atoms with Gasteiger partial charge in [0.2, 0.25) is 5.91 Å². The number of nitriles is 1. The first-order valence-corrected chi connectivity index (χ1v) is 12.6. The Bertz CT molecular complexity index is 702. The van der Waals surface area contributed by atoms with E-state index in [9.17, 15) is 4.79 Å². The lowest BCUT2D eigenvalue weighted by atomic mass is 10.2. The van der Waals surface area contributed by atoms with Gasteiger partial charge in [-0.05, 0) is 36.4 Å². The minimum atomic E-state index is -0.435. The summed E-state index contributed by atoms with van der Waals surface area (Å²) in [4.78, 5) is 12.2. The van der Waals surface area contributed by atoms with Crippen LogP contribution in [0.3, 0.4) is 0 Å². The highest BCUT2D eigenvalue weighted by atomic mass is 32.2. The van der Waals surface area contributed by atoms with Crippen LogP contribution in [0.1, 0.15) is 27.2 Å². The molecule has 0 saturated carbocycles. The molecule has 192 valence electrons. The van der Waals surface area contributed by atoms with Crippen LogP contribution in [0.5, 0.6) is 5.75 Å². The van der Waals surface area contributed by atoms with Crippen molar-refractivity contribution in [3.05, 3.63) is 24.3 Å². The molecule has 0 spiro atoms. The normalized spacial score (nSPS) is 11.9. The first-order valence-electron chi connectivity index (χ1n) is 11.7. The van der Waals surface area contributed by atoms with E-state index in [4.69, 9.17) is 28.9 Å². The summed E-state index contributed by atoms with van der Waals surface area (Å²) in [5.41, 5.74) is 0.191. The monoisotopic (exact) mass is 497 g/mol. The van der Waals surface area contributed by atoms with Crippen LogP contribution >= 0.6 is 11.8 Å². The van der Waals surface area contributed by atoms with Gasteiger partial charge in [0.25, 0.3) is 0 Å². The molecule has 1 atom stereocenters. The zero-order chi connectivity index (χ0) is 24.9. The van der Waals surface area contributed by atoms with Gasteiger partial charge in [-0.1, -0.05) is 26.8 Å². The number of anilines is 1. The van der Waals surface area contributed by atoms with E-state index in [1.54, 1.807) is 24.3 Å². The number of thioether (sulfide) groups is 1. The molecule has 1 amide bonds. The third-order valence-electron chi connectivity index (χ3n) is 4.19. The quantitative estimate of drug-likeness (QED) is 0.150. The fraction of sp³-hybridized carbons (Fsp3) is 0.667. The summed E-state index contributed by atoms with van der Waals surface area (Å²) in [7, 11) is 0. The van der Waals surface area contributed by atoms with Gasteiger partial charge in [-0.15, -0.1) is 0 Å². The molecule has 2 N–H and O–H groups in total. The van der Waals surface area contributed by atoms with Gasteiger partial charge in [-0.25, -0.2) is 0 Å². The molecule has 1 aromatic carbocycles. The molecule has 1 rings (SSSR count). The molecule has 1 unspecified atom stereocenters. The van der Waals surface area contributed by atoms with Crippen molar-refractivity contribution in [3.8, 4) is 11.2 Å². The number of rotatable bonds is 21. The summed E-state index contributed by atoms with van der Waals surface area (Å²) in [6.07, 6.45) is 0.246. The SMILES string of the molecule is CCNCCOCCOCCC(=O)Nc1cccc(OCC(OCCOCC(C)C)SC#N)c1. The Morgan fingerprint density at radius 3 is 2.56 bits per heavy atom. The van der Waals surface area contributed by atoms with Crippen LogP contribution < -0.4 is 15.4 Å². The van der Waals surface area contributed by atoms with Crippen molar-refractivity contribution in [3.63, 3.8) is 0 Å². The molecule has 1 aromatic rings. The number of nitrogens with zero attached hydrogens (tertiary/aromatic N) is 1. The van der Waals surface area contributed by atoms with Crippen LogP contribution in [0.2, 0.25) is 0 Å². The van der Waals surface area contributed by atoms with Crippen molar-refractivity contribution >= 4 is 23.4 Å². The third-order valence-corrected chi connectivity index (χ3v) is 4.83. The van der Waals surface area contributed by atoms with E-state index in [0.717, 1.165) is 24.9 Å². The van der Waals surface area contributed by atoms with E-state index < -0.39 is 5.44 Å². The maximum Gasteiger partial charge on any atom is 0.226 e. The van der Waals surface area contributed by atoms with Gasteiger partial charge in [0, 0.05) is 24.9 Å². The minimum Gasteiger partial charge on any atom is -0.490 e. The van der Waals surface area contributed by atoms with Gasteiger partial charge in [0.1, 0.15) is 17.8 Å².